The highest BCUT2D eigenvalue weighted by atomic mass is 32.2. The summed E-state index contributed by atoms with van der Waals surface area (Å²) >= 11 is 1.86. The van der Waals surface area contributed by atoms with E-state index in [-0.39, 0.29) is 17.7 Å². The lowest BCUT2D eigenvalue weighted by Gasteiger charge is -2.34. The number of fused-ring (bicyclic) bond motifs is 1. The van der Waals surface area contributed by atoms with Crippen LogP contribution in [0.2, 0.25) is 0 Å². The van der Waals surface area contributed by atoms with E-state index < -0.39 is 29.6 Å². The van der Waals surface area contributed by atoms with Crippen molar-refractivity contribution in [3.05, 3.63) is 66.0 Å². The summed E-state index contributed by atoms with van der Waals surface area (Å²) in [7, 11) is 0. The van der Waals surface area contributed by atoms with Gasteiger partial charge in [-0.05, 0) is 68.5 Å². The highest BCUT2D eigenvalue weighted by molar-refractivity contribution is 7.98. The molecule has 1 aromatic carbocycles. The molecule has 0 bridgehead atoms. The zero-order valence-corrected chi connectivity index (χ0v) is 24.8. The monoisotopic (exact) mass is 579 g/mol. The van der Waals surface area contributed by atoms with E-state index >= 15 is 0 Å². The second kappa shape index (κ2) is 14.5. The van der Waals surface area contributed by atoms with Crippen LogP contribution in [0.4, 0.5) is 0 Å². The Labute approximate surface area is 246 Å². The SMILES string of the molecule is CC1(C)NC(=O)[C@H](CCCCCSCc2ccncc2)NC(=O)[C@H]2CCCN2C(=O)[C@H](Cc2ccccc2)NC1=O. The zero-order chi connectivity index (χ0) is 29.2. The Balaban J connectivity index is 1.40. The van der Waals surface area contributed by atoms with Crippen LogP contribution in [-0.2, 0) is 31.4 Å². The third kappa shape index (κ3) is 8.55. The normalized spacial score (nSPS) is 23.1. The first-order chi connectivity index (χ1) is 19.7. The fourth-order valence-corrected chi connectivity index (χ4v) is 6.26. The van der Waals surface area contributed by atoms with E-state index in [4.69, 9.17) is 0 Å². The van der Waals surface area contributed by atoms with Gasteiger partial charge in [0.05, 0.1) is 0 Å². The number of benzene rings is 1. The van der Waals surface area contributed by atoms with Crippen LogP contribution in [0, 0.1) is 0 Å². The first-order valence-electron chi connectivity index (χ1n) is 14.5. The molecule has 2 aromatic rings. The largest absolute Gasteiger partial charge is 0.343 e. The maximum Gasteiger partial charge on any atom is 0.246 e. The molecule has 0 unspecified atom stereocenters. The lowest BCUT2D eigenvalue weighted by Crippen LogP contribution is -2.64. The highest BCUT2D eigenvalue weighted by Gasteiger charge is 2.42. The molecular weight excluding hydrogens is 538 g/mol. The number of amides is 4. The van der Waals surface area contributed by atoms with E-state index in [0.29, 0.717) is 32.2 Å². The molecule has 0 spiro atoms. The van der Waals surface area contributed by atoms with Crippen molar-refractivity contribution < 1.29 is 19.2 Å². The standard InChI is InChI=1S/C31H41N5O4S/c1-31(2)30(40)34-25(20-22-10-5-3-6-11-22)29(39)36-18-9-13-26(36)28(38)33-24(27(37)35-31)12-7-4-8-19-41-21-23-14-16-32-17-15-23/h3,5-6,10-11,14-17,24-26H,4,7-9,12-13,18-21H2,1-2H3,(H,33,38)(H,34,40)(H,35,37)/t24-,25-,26+/m0/s1. The van der Waals surface area contributed by atoms with Gasteiger partial charge < -0.3 is 20.9 Å². The van der Waals surface area contributed by atoms with Gasteiger partial charge in [-0.1, -0.05) is 43.2 Å². The number of nitrogens with zero attached hydrogens (tertiary/aromatic N) is 2. The summed E-state index contributed by atoms with van der Waals surface area (Å²) in [6.45, 7) is 3.68. The molecule has 0 radical (unpaired) electrons. The molecule has 0 saturated carbocycles. The summed E-state index contributed by atoms with van der Waals surface area (Å²) in [5.41, 5.74) is 0.869. The zero-order valence-electron chi connectivity index (χ0n) is 23.9. The van der Waals surface area contributed by atoms with Crippen LogP contribution in [0.5, 0.6) is 0 Å². The van der Waals surface area contributed by atoms with Gasteiger partial charge in [-0.3, -0.25) is 24.2 Å². The summed E-state index contributed by atoms with van der Waals surface area (Å²) in [6.07, 6.45) is 8.24. The molecule has 2 saturated heterocycles. The minimum atomic E-state index is -1.28. The van der Waals surface area contributed by atoms with Crippen LogP contribution in [0.15, 0.2) is 54.9 Å². The fraction of sp³-hybridized carbons (Fsp3) is 0.516. The Bertz CT molecular complexity index is 1190. The molecule has 2 fully saturated rings. The molecule has 10 heteroatoms. The van der Waals surface area contributed by atoms with E-state index in [2.05, 4.69) is 20.9 Å². The van der Waals surface area contributed by atoms with Gasteiger partial charge in [-0.15, -0.1) is 0 Å². The molecule has 3 atom stereocenters. The smallest absolute Gasteiger partial charge is 0.246 e. The van der Waals surface area contributed by atoms with Gasteiger partial charge in [-0.25, -0.2) is 0 Å². The van der Waals surface area contributed by atoms with E-state index in [9.17, 15) is 19.2 Å². The molecule has 3 N–H and O–H groups in total. The molecule has 0 aliphatic carbocycles. The van der Waals surface area contributed by atoms with Crippen molar-refractivity contribution in [2.75, 3.05) is 12.3 Å². The van der Waals surface area contributed by atoms with Crippen molar-refractivity contribution in [2.45, 2.75) is 88.2 Å². The van der Waals surface area contributed by atoms with Crippen molar-refractivity contribution in [1.82, 2.24) is 25.8 Å². The molecule has 4 rings (SSSR count). The molecule has 41 heavy (non-hydrogen) atoms. The van der Waals surface area contributed by atoms with Gasteiger partial charge in [0.2, 0.25) is 23.6 Å². The number of hydrogen-bond acceptors (Lipinski definition) is 6. The van der Waals surface area contributed by atoms with Crippen LogP contribution >= 0.6 is 11.8 Å². The molecule has 2 aliphatic rings. The van der Waals surface area contributed by atoms with Gasteiger partial charge in [0.25, 0.3) is 0 Å². The van der Waals surface area contributed by atoms with Crippen LogP contribution in [0.25, 0.3) is 0 Å². The number of thioether (sulfide) groups is 1. The number of nitrogens with one attached hydrogen (secondary N) is 3. The number of carbonyl (C=O) groups excluding carboxylic acids is 4. The predicted octanol–water partition coefficient (Wildman–Crippen LogP) is 2.99. The quantitative estimate of drug-likeness (QED) is 0.372. The lowest BCUT2D eigenvalue weighted by atomic mass is 9.98. The van der Waals surface area contributed by atoms with Gasteiger partial charge in [-0.2, -0.15) is 11.8 Å². The lowest BCUT2D eigenvalue weighted by molar-refractivity contribution is -0.144. The average molecular weight is 580 g/mol. The van der Waals surface area contributed by atoms with Crippen LogP contribution < -0.4 is 16.0 Å². The molecule has 9 nitrogen and oxygen atoms in total. The van der Waals surface area contributed by atoms with Crippen molar-refractivity contribution in [3.63, 3.8) is 0 Å². The first-order valence-corrected chi connectivity index (χ1v) is 15.6. The molecular formula is C31H41N5O4S. The second-order valence-electron chi connectivity index (χ2n) is 11.3. The van der Waals surface area contributed by atoms with Crippen molar-refractivity contribution in [2.24, 2.45) is 0 Å². The Morgan fingerprint density at radius 3 is 2.41 bits per heavy atom. The summed E-state index contributed by atoms with van der Waals surface area (Å²) in [6, 6.07) is 11.2. The summed E-state index contributed by atoms with van der Waals surface area (Å²) in [4.78, 5) is 59.5. The molecule has 3 heterocycles. The molecule has 4 amide bonds. The van der Waals surface area contributed by atoms with Crippen molar-refractivity contribution in [3.8, 4) is 0 Å². The second-order valence-corrected chi connectivity index (χ2v) is 12.4. The number of aromatic nitrogens is 1. The van der Waals surface area contributed by atoms with Gasteiger partial charge in [0, 0.05) is 31.1 Å². The maximum atomic E-state index is 13.7. The number of hydrogen-bond donors (Lipinski definition) is 3. The van der Waals surface area contributed by atoms with Crippen molar-refractivity contribution >= 4 is 35.4 Å². The van der Waals surface area contributed by atoms with Gasteiger partial charge >= 0.3 is 0 Å². The Morgan fingerprint density at radius 2 is 1.66 bits per heavy atom. The average Bonchev–Trinajstić information content (AvgIpc) is 3.46. The number of unbranched alkanes of at least 4 members (excludes halogenated alkanes) is 2. The maximum absolute atomic E-state index is 13.7. The minimum absolute atomic E-state index is 0.275. The highest BCUT2D eigenvalue weighted by Crippen LogP contribution is 2.22. The third-order valence-corrected chi connectivity index (χ3v) is 8.78. The first kappa shape index (κ1) is 30.6. The topological polar surface area (TPSA) is 120 Å². The van der Waals surface area contributed by atoms with Gasteiger partial charge in [0.15, 0.2) is 0 Å². The summed E-state index contributed by atoms with van der Waals surface area (Å²) in [5.74, 6) is 0.524. The van der Waals surface area contributed by atoms with E-state index in [1.807, 2.05) is 54.2 Å². The predicted molar refractivity (Wildman–Crippen MR) is 160 cm³/mol. The summed E-state index contributed by atoms with van der Waals surface area (Å²) < 4.78 is 0. The van der Waals surface area contributed by atoms with Crippen LogP contribution in [0.3, 0.4) is 0 Å². The number of rotatable bonds is 10. The number of pyridine rings is 1. The van der Waals surface area contributed by atoms with E-state index in [1.54, 1.807) is 31.1 Å². The Morgan fingerprint density at radius 1 is 0.902 bits per heavy atom. The Kier molecular flexibility index (Phi) is 10.8. The number of carbonyl (C=O) groups is 4. The van der Waals surface area contributed by atoms with Crippen LogP contribution in [0.1, 0.15) is 63.5 Å². The summed E-state index contributed by atoms with van der Waals surface area (Å²) in [5, 5.41) is 8.65. The third-order valence-electron chi connectivity index (χ3n) is 7.66. The molecule has 1 aromatic heterocycles. The minimum Gasteiger partial charge on any atom is -0.343 e. The van der Waals surface area contributed by atoms with Crippen molar-refractivity contribution in [1.29, 1.82) is 0 Å². The van der Waals surface area contributed by atoms with E-state index in [0.717, 1.165) is 36.3 Å². The van der Waals surface area contributed by atoms with Gasteiger partial charge in [0.1, 0.15) is 23.7 Å². The fourth-order valence-electron chi connectivity index (χ4n) is 5.28. The Hall–Kier alpha value is -3.40. The van der Waals surface area contributed by atoms with E-state index in [1.165, 1.54) is 5.56 Å². The molecule has 2 aliphatic heterocycles. The molecule has 220 valence electrons. The van der Waals surface area contributed by atoms with Crippen LogP contribution in [-0.4, -0.2) is 69.5 Å².